The summed E-state index contributed by atoms with van der Waals surface area (Å²) in [5.41, 5.74) is 1.98. The van der Waals surface area contributed by atoms with Gasteiger partial charge in [0.25, 0.3) is 5.91 Å². The van der Waals surface area contributed by atoms with Gasteiger partial charge in [-0.3, -0.25) is 4.79 Å². The number of halogens is 2. The van der Waals surface area contributed by atoms with Crippen molar-refractivity contribution in [2.75, 3.05) is 13.2 Å². The Kier molecular flexibility index (Phi) is 6.56. The van der Waals surface area contributed by atoms with Crippen molar-refractivity contribution in [3.8, 4) is 11.1 Å². The molecule has 0 aliphatic heterocycles. The minimum Gasteiger partial charge on any atom is -0.396 e. The van der Waals surface area contributed by atoms with Gasteiger partial charge < -0.3 is 10.4 Å². The van der Waals surface area contributed by atoms with Crippen LogP contribution >= 0.6 is 11.6 Å². The molecule has 5 heteroatoms. The van der Waals surface area contributed by atoms with E-state index < -0.39 is 5.82 Å². The summed E-state index contributed by atoms with van der Waals surface area (Å²) in [5, 5.41) is 11.9. The number of benzene rings is 2. The predicted molar refractivity (Wildman–Crippen MR) is 90.1 cm³/mol. The average Bonchev–Trinajstić information content (AvgIpc) is 2.54. The van der Waals surface area contributed by atoms with Gasteiger partial charge in [-0.05, 0) is 55.2 Å². The quantitative estimate of drug-likeness (QED) is 0.750. The van der Waals surface area contributed by atoms with E-state index in [1.807, 2.05) is 6.07 Å². The average molecular weight is 336 g/mol. The van der Waals surface area contributed by atoms with Crippen molar-refractivity contribution in [1.82, 2.24) is 5.32 Å². The predicted octanol–water partition coefficient (Wildman–Crippen LogP) is 4.04. The van der Waals surface area contributed by atoms with Crippen LogP contribution in [-0.2, 0) is 0 Å². The van der Waals surface area contributed by atoms with Crippen molar-refractivity contribution in [3.63, 3.8) is 0 Å². The first-order chi connectivity index (χ1) is 11.1. The third kappa shape index (κ3) is 5.05. The minimum atomic E-state index is -0.393. The monoisotopic (exact) mass is 335 g/mol. The third-order valence-corrected chi connectivity index (χ3v) is 3.80. The Balaban J connectivity index is 2.06. The van der Waals surface area contributed by atoms with Crippen LogP contribution in [0.15, 0.2) is 42.5 Å². The van der Waals surface area contributed by atoms with Crippen molar-refractivity contribution in [1.29, 1.82) is 0 Å². The fraction of sp³-hybridized carbons (Fsp3) is 0.278. The van der Waals surface area contributed by atoms with Gasteiger partial charge in [0, 0.05) is 24.3 Å². The molecule has 2 aromatic carbocycles. The van der Waals surface area contributed by atoms with Crippen LogP contribution in [-0.4, -0.2) is 24.2 Å². The number of unbranched alkanes of at least 4 members (excludes halogenated alkanes) is 2. The van der Waals surface area contributed by atoms with Crippen molar-refractivity contribution >= 4 is 17.5 Å². The maximum atomic E-state index is 13.1. The van der Waals surface area contributed by atoms with Crippen LogP contribution in [0.4, 0.5) is 4.39 Å². The second-order valence-electron chi connectivity index (χ2n) is 5.25. The number of hydrogen-bond acceptors (Lipinski definition) is 2. The largest absolute Gasteiger partial charge is 0.396 e. The molecule has 0 saturated heterocycles. The van der Waals surface area contributed by atoms with E-state index in [9.17, 15) is 9.18 Å². The molecule has 0 spiro atoms. The lowest BCUT2D eigenvalue weighted by molar-refractivity contribution is 0.0953. The topological polar surface area (TPSA) is 49.3 Å². The molecule has 0 saturated carbocycles. The van der Waals surface area contributed by atoms with Gasteiger partial charge in [-0.2, -0.15) is 0 Å². The van der Waals surface area contributed by atoms with Gasteiger partial charge in [0.15, 0.2) is 0 Å². The summed E-state index contributed by atoms with van der Waals surface area (Å²) in [6.45, 7) is 0.745. The third-order valence-electron chi connectivity index (χ3n) is 3.49. The van der Waals surface area contributed by atoms with Crippen LogP contribution in [0.5, 0.6) is 0 Å². The molecule has 23 heavy (non-hydrogen) atoms. The molecule has 0 radical (unpaired) electrons. The fourth-order valence-corrected chi connectivity index (χ4v) is 2.55. The maximum Gasteiger partial charge on any atom is 0.251 e. The summed E-state index contributed by atoms with van der Waals surface area (Å²) >= 11 is 6.07. The second-order valence-corrected chi connectivity index (χ2v) is 5.65. The van der Waals surface area contributed by atoms with E-state index >= 15 is 0 Å². The highest BCUT2D eigenvalue weighted by Crippen LogP contribution is 2.29. The van der Waals surface area contributed by atoms with E-state index in [1.165, 1.54) is 12.1 Å². The summed E-state index contributed by atoms with van der Waals surface area (Å²) < 4.78 is 13.1. The molecule has 2 rings (SSSR count). The number of carbonyl (C=O) groups excluding carboxylic acids is 1. The number of aliphatic hydroxyl groups is 1. The van der Waals surface area contributed by atoms with Crippen molar-refractivity contribution in [3.05, 3.63) is 58.9 Å². The van der Waals surface area contributed by atoms with Crippen molar-refractivity contribution in [2.45, 2.75) is 19.3 Å². The van der Waals surface area contributed by atoms with Crippen LogP contribution in [0, 0.1) is 5.82 Å². The highest BCUT2D eigenvalue weighted by Gasteiger charge is 2.09. The molecular formula is C18H19ClFNO2. The Morgan fingerprint density at radius 1 is 1.13 bits per heavy atom. The van der Waals surface area contributed by atoms with E-state index in [-0.39, 0.29) is 12.5 Å². The summed E-state index contributed by atoms with van der Waals surface area (Å²) in [6, 6.07) is 11.3. The molecule has 122 valence electrons. The second kappa shape index (κ2) is 8.65. The SMILES string of the molecule is O=C(NCCCCCO)c1cccc(-c2ccc(F)cc2Cl)c1. The molecule has 2 aromatic rings. The lowest BCUT2D eigenvalue weighted by Crippen LogP contribution is -2.24. The standard InChI is InChI=1S/C18H19ClFNO2/c19-17-12-15(20)7-8-16(17)13-5-4-6-14(11-13)18(23)21-9-2-1-3-10-22/h4-8,11-12,22H,1-3,9-10H2,(H,21,23). The lowest BCUT2D eigenvalue weighted by atomic mass is 10.0. The summed E-state index contributed by atoms with van der Waals surface area (Å²) in [4.78, 5) is 12.1. The van der Waals surface area contributed by atoms with Gasteiger partial charge in [0.05, 0.1) is 5.02 Å². The molecule has 1 amide bonds. The van der Waals surface area contributed by atoms with Gasteiger partial charge >= 0.3 is 0 Å². The normalized spacial score (nSPS) is 10.6. The zero-order valence-electron chi connectivity index (χ0n) is 12.7. The smallest absolute Gasteiger partial charge is 0.251 e. The Morgan fingerprint density at radius 3 is 2.70 bits per heavy atom. The Labute approximate surface area is 140 Å². The van der Waals surface area contributed by atoms with E-state index in [0.717, 1.165) is 24.8 Å². The molecule has 0 unspecified atom stereocenters. The number of nitrogens with one attached hydrogen (secondary N) is 1. The number of rotatable bonds is 7. The number of carbonyl (C=O) groups is 1. The van der Waals surface area contributed by atoms with Crippen LogP contribution in [0.3, 0.4) is 0 Å². The zero-order valence-corrected chi connectivity index (χ0v) is 13.4. The van der Waals surface area contributed by atoms with Crippen molar-refractivity contribution in [2.24, 2.45) is 0 Å². The number of aliphatic hydroxyl groups excluding tert-OH is 1. The first-order valence-electron chi connectivity index (χ1n) is 7.56. The van der Waals surface area contributed by atoms with Gasteiger partial charge in [-0.1, -0.05) is 23.7 Å². The molecule has 0 fully saturated rings. The summed E-state index contributed by atoms with van der Waals surface area (Å²) in [6.07, 6.45) is 2.45. The first-order valence-corrected chi connectivity index (χ1v) is 7.94. The van der Waals surface area contributed by atoms with E-state index in [0.29, 0.717) is 22.7 Å². The minimum absolute atomic E-state index is 0.158. The molecule has 0 heterocycles. The van der Waals surface area contributed by atoms with Crippen LogP contribution in [0.25, 0.3) is 11.1 Å². The highest BCUT2D eigenvalue weighted by molar-refractivity contribution is 6.33. The van der Waals surface area contributed by atoms with E-state index in [1.54, 1.807) is 24.3 Å². The van der Waals surface area contributed by atoms with Gasteiger partial charge in [-0.15, -0.1) is 0 Å². The number of hydrogen-bond donors (Lipinski definition) is 2. The first kappa shape index (κ1) is 17.4. The molecular weight excluding hydrogens is 317 g/mol. The fourth-order valence-electron chi connectivity index (χ4n) is 2.27. The molecule has 0 atom stereocenters. The van der Waals surface area contributed by atoms with Gasteiger partial charge in [0.2, 0.25) is 0 Å². The Morgan fingerprint density at radius 2 is 1.96 bits per heavy atom. The Bertz CT molecular complexity index is 676. The molecule has 0 aliphatic rings. The van der Waals surface area contributed by atoms with Crippen molar-refractivity contribution < 1.29 is 14.3 Å². The lowest BCUT2D eigenvalue weighted by Gasteiger charge is -2.08. The van der Waals surface area contributed by atoms with Gasteiger partial charge in [0.1, 0.15) is 5.82 Å². The molecule has 2 N–H and O–H groups in total. The summed E-state index contributed by atoms with van der Waals surface area (Å²) in [7, 11) is 0. The van der Waals surface area contributed by atoms with Crippen LogP contribution in [0.2, 0.25) is 5.02 Å². The number of amides is 1. The maximum absolute atomic E-state index is 13.1. The molecule has 0 aromatic heterocycles. The van der Waals surface area contributed by atoms with E-state index in [2.05, 4.69) is 5.32 Å². The van der Waals surface area contributed by atoms with E-state index in [4.69, 9.17) is 16.7 Å². The Hall–Kier alpha value is -1.91. The highest BCUT2D eigenvalue weighted by atomic mass is 35.5. The molecule has 0 bridgehead atoms. The van der Waals surface area contributed by atoms with Crippen LogP contribution < -0.4 is 5.32 Å². The molecule has 3 nitrogen and oxygen atoms in total. The summed E-state index contributed by atoms with van der Waals surface area (Å²) in [5.74, 6) is -0.551. The zero-order chi connectivity index (χ0) is 16.7. The van der Waals surface area contributed by atoms with Crippen LogP contribution in [0.1, 0.15) is 29.6 Å². The van der Waals surface area contributed by atoms with Gasteiger partial charge in [-0.25, -0.2) is 4.39 Å². The molecule has 0 aliphatic carbocycles.